The molecule has 2 fully saturated rings. The maximum Gasteiger partial charge on any atom is 0.230 e. The molecule has 1 aromatic carbocycles. The predicted octanol–water partition coefficient (Wildman–Crippen LogP) is 3.54. The first-order valence-electron chi connectivity index (χ1n) is 9.83. The summed E-state index contributed by atoms with van der Waals surface area (Å²) in [5.74, 6) is 2.03. The lowest BCUT2D eigenvalue weighted by atomic mass is 10.1. The number of methoxy groups -OCH3 is 1. The summed E-state index contributed by atoms with van der Waals surface area (Å²) < 4.78 is 11.1. The normalized spacial score (nSPS) is 21.3. The molecule has 1 N–H and O–H groups in total. The van der Waals surface area contributed by atoms with Gasteiger partial charge >= 0.3 is 0 Å². The summed E-state index contributed by atoms with van der Waals surface area (Å²) in [7, 11) is 1.64. The van der Waals surface area contributed by atoms with Crippen LogP contribution < -0.4 is 15.0 Å². The minimum Gasteiger partial charge on any atom is -0.454 e. The van der Waals surface area contributed by atoms with Crippen LogP contribution in [0.4, 0.5) is 11.6 Å². The zero-order valence-electron chi connectivity index (χ0n) is 16.4. The highest BCUT2D eigenvalue weighted by atomic mass is 16.5. The maximum atomic E-state index is 12.2. The molecule has 0 radical (unpaired) electrons. The molecule has 1 saturated carbocycles. The number of aryl methyl sites for hydroxylation is 1. The van der Waals surface area contributed by atoms with Crippen LogP contribution in [-0.4, -0.2) is 42.2 Å². The minimum absolute atomic E-state index is 0.00150. The summed E-state index contributed by atoms with van der Waals surface area (Å²) in [6.45, 7) is 3.97. The van der Waals surface area contributed by atoms with Crippen molar-refractivity contribution in [3.8, 4) is 11.5 Å². The number of anilines is 2. The largest absolute Gasteiger partial charge is 0.454 e. The van der Waals surface area contributed by atoms with E-state index in [1.807, 2.05) is 25.1 Å². The topological polar surface area (TPSA) is 76.6 Å². The van der Waals surface area contributed by atoms with E-state index in [-0.39, 0.29) is 17.9 Å². The first kappa shape index (κ1) is 18.7. The van der Waals surface area contributed by atoms with Gasteiger partial charge in [0.25, 0.3) is 0 Å². The SMILES string of the molecule is COC1CC1C(=O)Nc1ccc(Oc2cnc(N3CCCCC3)nc2)c(C)c1. The standard InChI is InChI=1S/C21H26N4O3/c1-14-10-15(24-20(26)17-11-19(17)27-2)6-7-18(14)28-16-12-22-21(23-13-16)25-8-4-3-5-9-25/h6-7,10,12-13,17,19H,3-5,8-9,11H2,1-2H3,(H,24,26). The molecule has 2 unspecified atom stereocenters. The molecule has 0 bridgehead atoms. The molecule has 28 heavy (non-hydrogen) atoms. The van der Waals surface area contributed by atoms with E-state index in [9.17, 15) is 4.79 Å². The number of carbonyl (C=O) groups is 1. The van der Waals surface area contributed by atoms with Gasteiger partial charge in [-0.3, -0.25) is 4.79 Å². The first-order chi connectivity index (χ1) is 13.6. The third-order valence-corrected chi connectivity index (χ3v) is 5.30. The Labute approximate surface area is 165 Å². The number of carbonyl (C=O) groups excluding carboxylic acids is 1. The molecule has 7 heteroatoms. The number of amides is 1. The quantitative estimate of drug-likeness (QED) is 0.823. The third-order valence-electron chi connectivity index (χ3n) is 5.30. The van der Waals surface area contributed by atoms with Gasteiger partial charge in [0.15, 0.2) is 5.75 Å². The number of hydrogen-bond donors (Lipinski definition) is 1. The molecule has 1 aliphatic heterocycles. The number of piperidine rings is 1. The number of hydrogen-bond acceptors (Lipinski definition) is 6. The van der Waals surface area contributed by atoms with Crippen molar-refractivity contribution in [2.45, 2.75) is 38.7 Å². The van der Waals surface area contributed by atoms with Gasteiger partial charge in [-0.2, -0.15) is 0 Å². The van der Waals surface area contributed by atoms with Crippen LogP contribution in [0.3, 0.4) is 0 Å². The fraction of sp³-hybridized carbons (Fsp3) is 0.476. The number of nitrogens with one attached hydrogen (secondary N) is 1. The molecule has 0 spiro atoms. The van der Waals surface area contributed by atoms with Gasteiger partial charge in [-0.15, -0.1) is 0 Å². The maximum absolute atomic E-state index is 12.2. The number of nitrogens with zero attached hydrogens (tertiary/aromatic N) is 3. The summed E-state index contributed by atoms with van der Waals surface area (Å²) >= 11 is 0. The first-order valence-corrected chi connectivity index (χ1v) is 9.83. The number of rotatable bonds is 6. The monoisotopic (exact) mass is 382 g/mol. The van der Waals surface area contributed by atoms with E-state index in [1.54, 1.807) is 19.5 Å². The van der Waals surface area contributed by atoms with Crippen molar-refractivity contribution < 1.29 is 14.3 Å². The van der Waals surface area contributed by atoms with Gasteiger partial charge in [0.05, 0.1) is 24.4 Å². The van der Waals surface area contributed by atoms with E-state index in [0.717, 1.165) is 36.7 Å². The highest BCUT2D eigenvalue weighted by molar-refractivity contribution is 5.95. The van der Waals surface area contributed by atoms with E-state index in [0.29, 0.717) is 11.5 Å². The van der Waals surface area contributed by atoms with Crippen molar-refractivity contribution in [2.75, 3.05) is 30.4 Å². The lowest BCUT2D eigenvalue weighted by molar-refractivity contribution is -0.118. The Balaban J connectivity index is 1.37. The highest BCUT2D eigenvalue weighted by Gasteiger charge is 2.43. The number of ether oxygens (including phenoxy) is 2. The fourth-order valence-corrected chi connectivity index (χ4v) is 3.53. The molecule has 4 rings (SSSR count). The molecule has 1 saturated heterocycles. The lowest BCUT2D eigenvalue weighted by Gasteiger charge is -2.26. The average molecular weight is 382 g/mol. The van der Waals surface area contributed by atoms with Gasteiger partial charge < -0.3 is 19.7 Å². The Hall–Kier alpha value is -2.67. The molecule has 1 aromatic heterocycles. The van der Waals surface area contributed by atoms with Crippen LogP contribution in [0.5, 0.6) is 11.5 Å². The van der Waals surface area contributed by atoms with Crippen LogP contribution in [-0.2, 0) is 9.53 Å². The Morgan fingerprint density at radius 1 is 1.18 bits per heavy atom. The van der Waals surface area contributed by atoms with Crippen LogP contribution >= 0.6 is 0 Å². The summed E-state index contributed by atoms with van der Waals surface area (Å²) in [5.41, 5.74) is 1.69. The van der Waals surface area contributed by atoms with Crippen molar-refractivity contribution >= 4 is 17.5 Å². The summed E-state index contributed by atoms with van der Waals surface area (Å²) in [6, 6.07) is 5.60. The van der Waals surface area contributed by atoms with E-state index < -0.39 is 0 Å². The van der Waals surface area contributed by atoms with Crippen molar-refractivity contribution in [1.82, 2.24) is 9.97 Å². The van der Waals surface area contributed by atoms with E-state index in [4.69, 9.17) is 9.47 Å². The van der Waals surface area contributed by atoms with Crippen LogP contribution in [0.15, 0.2) is 30.6 Å². The zero-order chi connectivity index (χ0) is 19.5. The molecular formula is C21H26N4O3. The van der Waals surface area contributed by atoms with E-state index >= 15 is 0 Å². The summed E-state index contributed by atoms with van der Waals surface area (Å²) in [4.78, 5) is 23.3. The predicted molar refractivity (Wildman–Crippen MR) is 107 cm³/mol. The van der Waals surface area contributed by atoms with Crippen molar-refractivity contribution in [3.05, 3.63) is 36.2 Å². The average Bonchev–Trinajstić information content (AvgIpc) is 3.51. The molecule has 1 amide bonds. The van der Waals surface area contributed by atoms with Crippen LogP contribution in [0.25, 0.3) is 0 Å². The van der Waals surface area contributed by atoms with Gasteiger partial charge in [0.1, 0.15) is 5.75 Å². The molecule has 1 aliphatic carbocycles. The van der Waals surface area contributed by atoms with Crippen molar-refractivity contribution in [3.63, 3.8) is 0 Å². The minimum atomic E-state index is -0.0446. The molecule has 148 valence electrons. The third kappa shape index (κ3) is 4.25. The second-order valence-corrected chi connectivity index (χ2v) is 7.45. The molecule has 7 nitrogen and oxygen atoms in total. The van der Waals surface area contributed by atoms with Gasteiger partial charge in [-0.25, -0.2) is 9.97 Å². The molecule has 2 heterocycles. The van der Waals surface area contributed by atoms with Crippen LogP contribution in [0.2, 0.25) is 0 Å². The molecule has 2 atom stereocenters. The second-order valence-electron chi connectivity index (χ2n) is 7.45. The summed E-state index contributed by atoms with van der Waals surface area (Å²) in [6.07, 6.45) is 7.93. The molecule has 2 aromatic rings. The van der Waals surface area contributed by atoms with Gasteiger partial charge in [-0.1, -0.05) is 0 Å². The Morgan fingerprint density at radius 3 is 2.57 bits per heavy atom. The van der Waals surface area contributed by atoms with Crippen LogP contribution in [0, 0.1) is 12.8 Å². The smallest absolute Gasteiger partial charge is 0.230 e. The summed E-state index contributed by atoms with van der Waals surface area (Å²) in [5, 5.41) is 2.94. The van der Waals surface area contributed by atoms with Crippen LogP contribution in [0.1, 0.15) is 31.2 Å². The van der Waals surface area contributed by atoms with Crippen molar-refractivity contribution in [1.29, 1.82) is 0 Å². The fourth-order valence-electron chi connectivity index (χ4n) is 3.53. The lowest BCUT2D eigenvalue weighted by Crippen LogP contribution is -2.30. The van der Waals surface area contributed by atoms with Gasteiger partial charge in [0, 0.05) is 25.9 Å². The molecule has 2 aliphatic rings. The Kier molecular flexibility index (Phi) is 5.43. The number of aromatic nitrogens is 2. The zero-order valence-corrected chi connectivity index (χ0v) is 16.4. The van der Waals surface area contributed by atoms with E-state index in [2.05, 4.69) is 20.2 Å². The van der Waals surface area contributed by atoms with E-state index in [1.165, 1.54) is 19.3 Å². The van der Waals surface area contributed by atoms with Gasteiger partial charge in [0.2, 0.25) is 11.9 Å². The highest BCUT2D eigenvalue weighted by Crippen LogP contribution is 2.34. The number of benzene rings is 1. The van der Waals surface area contributed by atoms with Gasteiger partial charge in [-0.05, 0) is 56.4 Å². The second kappa shape index (κ2) is 8.14. The van der Waals surface area contributed by atoms with Crippen molar-refractivity contribution in [2.24, 2.45) is 5.92 Å². The Bertz CT molecular complexity index is 834. The Morgan fingerprint density at radius 2 is 1.93 bits per heavy atom. The molecular weight excluding hydrogens is 356 g/mol.